The Hall–Kier alpha value is -1.95. The van der Waals surface area contributed by atoms with E-state index in [4.69, 9.17) is 5.11 Å². The number of hydrogen-bond acceptors (Lipinski definition) is 4. The molecule has 2 rings (SSSR count). The summed E-state index contributed by atoms with van der Waals surface area (Å²) >= 11 is 1.42. The van der Waals surface area contributed by atoms with Crippen LogP contribution in [0, 0.1) is 6.92 Å². The molecule has 0 fully saturated rings. The van der Waals surface area contributed by atoms with Gasteiger partial charge in [0.25, 0.3) is 5.56 Å². The first-order chi connectivity index (χ1) is 7.59. The SMILES string of the molecule is Cc1cc(C(=O)O)c(=O)n(-c2ccsc2)n1. The van der Waals surface area contributed by atoms with Crippen LogP contribution in [0.3, 0.4) is 0 Å². The van der Waals surface area contributed by atoms with Crippen molar-refractivity contribution in [1.29, 1.82) is 0 Å². The van der Waals surface area contributed by atoms with Gasteiger partial charge in [0, 0.05) is 5.38 Å². The molecule has 0 aliphatic carbocycles. The molecule has 0 aliphatic heterocycles. The minimum atomic E-state index is -1.24. The zero-order chi connectivity index (χ0) is 11.7. The van der Waals surface area contributed by atoms with Crippen molar-refractivity contribution in [3.05, 3.63) is 44.5 Å². The maximum atomic E-state index is 11.8. The van der Waals surface area contributed by atoms with Gasteiger partial charge in [-0.2, -0.15) is 21.1 Å². The van der Waals surface area contributed by atoms with Gasteiger partial charge in [0.2, 0.25) is 0 Å². The second kappa shape index (κ2) is 3.90. The fraction of sp³-hybridized carbons (Fsp3) is 0.100. The minimum Gasteiger partial charge on any atom is -0.477 e. The summed E-state index contributed by atoms with van der Waals surface area (Å²) < 4.78 is 1.11. The van der Waals surface area contributed by atoms with E-state index in [2.05, 4.69) is 5.10 Å². The van der Waals surface area contributed by atoms with Crippen molar-refractivity contribution < 1.29 is 9.90 Å². The molecule has 2 heterocycles. The van der Waals surface area contributed by atoms with Crippen LogP contribution in [0.5, 0.6) is 0 Å². The van der Waals surface area contributed by atoms with Crippen LogP contribution in [0.25, 0.3) is 5.69 Å². The Kier molecular flexibility index (Phi) is 2.57. The lowest BCUT2D eigenvalue weighted by molar-refractivity contribution is 0.0694. The van der Waals surface area contributed by atoms with Crippen LogP contribution in [0.15, 0.2) is 27.7 Å². The fourth-order valence-corrected chi connectivity index (χ4v) is 1.94. The van der Waals surface area contributed by atoms with Crippen molar-refractivity contribution in [2.45, 2.75) is 6.92 Å². The van der Waals surface area contributed by atoms with E-state index in [9.17, 15) is 9.59 Å². The quantitative estimate of drug-likeness (QED) is 0.853. The molecular weight excluding hydrogens is 228 g/mol. The summed E-state index contributed by atoms with van der Waals surface area (Å²) in [6.07, 6.45) is 0. The fourth-order valence-electron chi connectivity index (χ4n) is 1.32. The number of nitrogens with zero attached hydrogens (tertiary/aromatic N) is 2. The lowest BCUT2D eigenvalue weighted by atomic mass is 10.2. The van der Waals surface area contributed by atoms with Crippen LogP contribution in [0.1, 0.15) is 16.1 Å². The largest absolute Gasteiger partial charge is 0.477 e. The molecule has 0 aromatic carbocycles. The van der Waals surface area contributed by atoms with Crippen molar-refractivity contribution in [3.63, 3.8) is 0 Å². The number of carboxylic acid groups (broad SMARTS) is 1. The summed E-state index contributed by atoms with van der Waals surface area (Å²) in [6.45, 7) is 1.65. The molecule has 0 bridgehead atoms. The van der Waals surface area contributed by atoms with Crippen molar-refractivity contribution in [2.24, 2.45) is 0 Å². The van der Waals surface area contributed by atoms with Gasteiger partial charge < -0.3 is 5.11 Å². The van der Waals surface area contributed by atoms with E-state index >= 15 is 0 Å². The van der Waals surface area contributed by atoms with Gasteiger partial charge in [-0.3, -0.25) is 4.79 Å². The first-order valence-electron chi connectivity index (χ1n) is 4.46. The molecule has 16 heavy (non-hydrogen) atoms. The highest BCUT2D eigenvalue weighted by molar-refractivity contribution is 7.08. The number of aromatic nitrogens is 2. The summed E-state index contributed by atoms with van der Waals surface area (Å²) in [5, 5.41) is 16.4. The molecule has 1 N–H and O–H groups in total. The van der Waals surface area contributed by atoms with E-state index in [0.717, 1.165) is 4.68 Å². The predicted octanol–water partition coefficient (Wildman–Crippen LogP) is 1.30. The van der Waals surface area contributed by atoms with E-state index in [1.54, 1.807) is 23.8 Å². The highest BCUT2D eigenvalue weighted by Crippen LogP contribution is 2.09. The van der Waals surface area contributed by atoms with Gasteiger partial charge in [-0.25, -0.2) is 4.79 Å². The predicted molar refractivity (Wildman–Crippen MR) is 59.4 cm³/mol. The molecule has 2 aromatic heterocycles. The smallest absolute Gasteiger partial charge is 0.341 e. The number of aryl methyl sites for hydroxylation is 1. The molecule has 0 aliphatic rings. The second-order valence-electron chi connectivity index (χ2n) is 3.20. The summed E-state index contributed by atoms with van der Waals surface area (Å²) in [7, 11) is 0. The van der Waals surface area contributed by atoms with E-state index in [1.807, 2.05) is 0 Å². The highest BCUT2D eigenvalue weighted by atomic mass is 32.1. The number of rotatable bonds is 2. The van der Waals surface area contributed by atoms with Crippen LogP contribution in [-0.4, -0.2) is 20.9 Å². The zero-order valence-electron chi connectivity index (χ0n) is 8.38. The van der Waals surface area contributed by atoms with Gasteiger partial charge in [-0.05, 0) is 24.4 Å². The summed E-state index contributed by atoms with van der Waals surface area (Å²) in [5.41, 5.74) is 0.194. The molecule has 0 saturated carbocycles. The van der Waals surface area contributed by atoms with E-state index in [0.29, 0.717) is 11.4 Å². The molecule has 0 atom stereocenters. The van der Waals surface area contributed by atoms with Gasteiger partial charge in [0.05, 0.1) is 11.4 Å². The van der Waals surface area contributed by atoms with Crippen LogP contribution in [-0.2, 0) is 0 Å². The van der Waals surface area contributed by atoms with Crippen LogP contribution >= 0.6 is 11.3 Å². The normalized spacial score (nSPS) is 10.3. The Morgan fingerprint density at radius 2 is 2.31 bits per heavy atom. The third kappa shape index (κ3) is 1.74. The third-order valence-corrected chi connectivity index (χ3v) is 2.69. The summed E-state index contributed by atoms with van der Waals surface area (Å²) in [4.78, 5) is 22.6. The maximum absolute atomic E-state index is 11.8. The number of carboxylic acids is 1. The second-order valence-corrected chi connectivity index (χ2v) is 3.98. The van der Waals surface area contributed by atoms with E-state index < -0.39 is 11.5 Å². The topological polar surface area (TPSA) is 72.2 Å². The van der Waals surface area contributed by atoms with Gasteiger partial charge in [-0.15, -0.1) is 0 Å². The van der Waals surface area contributed by atoms with Crippen molar-refractivity contribution in [2.75, 3.05) is 0 Å². The number of carbonyl (C=O) groups is 1. The maximum Gasteiger partial charge on any atom is 0.341 e. The Morgan fingerprint density at radius 3 is 2.88 bits per heavy atom. The molecule has 0 saturated heterocycles. The number of aromatic carboxylic acids is 1. The Balaban J connectivity index is 2.72. The van der Waals surface area contributed by atoms with E-state index in [1.165, 1.54) is 17.4 Å². The molecule has 0 spiro atoms. The standard InChI is InChI=1S/C10H8N2O3S/c1-6-4-8(10(14)15)9(13)12(11-6)7-2-3-16-5-7/h2-5H,1H3,(H,14,15). The number of hydrogen-bond donors (Lipinski definition) is 1. The average molecular weight is 236 g/mol. The minimum absolute atomic E-state index is 0.265. The van der Waals surface area contributed by atoms with Crippen molar-refractivity contribution >= 4 is 17.3 Å². The van der Waals surface area contributed by atoms with Crippen LogP contribution in [0.4, 0.5) is 0 Å². The van der Waals surface area contributed by atoms with Gasteiger partial charge in [0.1, 0.15) is 5.56 Å². The number of thiophene rings is 1. The Morgan fingerprint density at radius 1 is 1.56 bits per heavy atom. The summed E-state index contributed by atoms with van der Waals surface area (Å²) in [6, 6.07) is 2.98. The Labute approximate surface area is 94.6 Å². The van der Waals surface area contributed by atoms with Crippen LogP contribution < -0.4 is 5.56 Å². The molecular formula is C10H8N2O3S. The van der Waals surface area contributed by atoms with E-state index in [-0.39, 0.29) is 5.56 Å². The first-order valence-corrected chi connectivity index (χ1v) is 5.40. The summed E-state index contributed by atoms with van der Waals surface area (Å²) in [5.74, 6) is -1.24. The van der Waals surface area contributed by atoms with Gasteiger partial charge in [0.15, 0.2) is 0 Å². The van der Waals surface area contributed by atoms with Gasteiger partial charge in [-0.1, -0.05) is 0 Å². The average Bonchev–Trinajstić information content (AvgIpc) is 2.73. The lowest BCUT2D eigenvalue weighted by Gasteiger charge is -2.04. The lowest BCUT2D eigenvalue weighted by Crippen LogP contribution is -2.27. The molecule has 82 valence electrons. The van der Waals surface area contributed by atoms with Crippen molar-refractivity contribution in [3.8, 4) is 5.69 Å². The van der Waals surface area contributed by atoms with Crippen molar-refractivity contribution in [1.82, 2.24) is 9.78 Å². The molecule has 0 radical (unpaired) electrons. The Bertz CT molecular complexity index is 587. The monoisotopic (exact) mass is 236 g/mol. The third-order valence-electron chi connectivity index (χ3n) is 2.01. The molecule has 5 nitrogen and oxygen atoms in total. The van der Waals surface area contributed by atoms with Gasteiger partial charge >= 0.3 is 5.97 Å². The molecule has 6 heteroatoms. The molecule has 0 amide bonds. The highest BCUT2D eigenvalue weighted by Gasteiger charge is 2.13. The first kappa shape index (κ1) is 10.6. The molecule has 0 unspecified atom stereocenters. The molecule has 2 aromatic rings. The zero-order valence-corrected chi connectivity index (χ0v) is 9.19. The van der Waals surface area contributed by atoms with Crippen LogP contribution in [0.2, 0.25) is 0 Å².